The van der Waals surface area contributed by atoms with Gasteiger partial charge < -0.3 is 10.2 Å². The summed E-state index contributed by atoms with van der Waals surface area (Å²) in [6.07, 6.45) is 1.78. The summed E-state index contributed by atoms with van der Waals surface area (Å²) in [4.78, 5) is 29.5. The summed E-state index contributed by atoms with van der Waals surface area (Å²) in [7, 11) is -4.28. The largest absolute Gasteiger partial charge is 0.354 e. The second-order valence-electron chi connectivity index (χ2n) is 10.4. The Morgan fingerprint density at radius 2 is 1.49 bits per heavy atom. The van der Waals surface area contributed by atoms with Gasteiger partial charge in [0.2, 0.25) is 11.8 Å². The topological polar surface area (TPSA) is 86.8 Å². The van der Waals surface area contributed by atoms with Crippen LogP contribution in [0.25, 0.3) is 0 Å². The molecule has 0 spiro atoms. The fraction of sp³-hybridized carbons (Fsp3) is 0.235. The highest BCUT2D eigenvalue weighted by Crippen LogP contribution is 2.31. The third-order valence-electron chi connectivity index (χ3n) is 7.17. The van der Waals surface area contributed by atoms with Crippen LogP contribution in [0.4, 0.5) is 10.1 Å². The zero-order chi connectivity index (χ0) is 32.4. The minimum atomic E-state index is -4.28. The Hall–Kier alpha value is -3.92. The van der Waals surface area contributed by atoms with E-state index in [9.17, 15) is 22.4 Å². The molecule has 0 saturated carbocycles. The van der Waals surface area contributed by atoms with Gasteiger partial charge in [-0.25, -0.2) is 12.8 Å². The zero-order valence-electron chi connectivity index (χ0n) is 24.7. The number of amides is 2. The second-order valence-corrected chi connectivity index (χ2v) is 13.1. The molecule has 0 fully saturated rings. The minimum Gasteiger partial charge on any atom is -0.354 e. The van der Waals surface area contributed by atoms with Crippen molar-refractivity contribution >= 4 is 50.7 Å². The lowest BCUT2D eigenvalue weighted by molar-refractivity contribution is -0.140. The average molecular weight is 671 g/mol. The molecule has 11 heteroatoms. The van der Waals surface area contributed by atoms with Crippen LogP contribution in [0.15, 0.2) is 108 Å². The zero-order valence-corrected chi connectivity index (χ0v) is 27.0. The van der Waals surface area contributed by atoms with Gasteiger partial charge in [0.1, 0.15) is 18.4 Å². The Kier molecular flexibility index (Phi) is 12.0. The van der Waals surface area contributed by atoms with E-state index in [1.807, 2.05) is 37.3 Å². The summed E-state index contributed by atoms with van der Waals surface area (Å²) in [5, 5.41) is 3.26. The molecule has 0 bridgehead atoms. The van der Waals surface area contributed by atoms with E-state index < -0.39 is 34.3 Å². The SMILES string of the molecule is CCCCNC(=O)[C@H](Cc1ccccc1)N(Cc1ccc(F)cc1)C(=O)CN(c1ccc(Cl)c(Cl)c1)S(=O)(=O)c1ccccc1. The smallest absolute Gasteiger partial charge is 0.264 e. The highest BCUT2D eigenvalue weighted by molar-refractivity contribution is 7.92. The highest BCUT2D eigenvalue weighted by atomic mass is 35.5. The van der Waals surface area contributed by atoms with Gasteiger partial charge in [-0.05, 0) is 60.0 Å². The van der Waals surface area contributed by atoms with E-state index >= 15 is 0 Å². The normalized spacial score (nSPS) is 11.9. The third-order valence-corrected chi connectivity index (χ3v) is 9.70. The first-order chi connectivity index (χ1) is 21.6. The average Bonchev–Trinajstić information content (AvgIpc) is 3.04. The predicted octanol–water partition coefficient (Wildman–Crippen LogP) is 6.88. The molecule has 0 saturated heterocycles. The molecule has 0 aliphatic carbocycles. The molecular weight excluding hydrogens is 636 g/mol. The number of anilines is 1. The van der Waals surface area contributed by atoms with E-state index in [0.717, 1.165) is 22.7 Å². The maximum Gasteiger partial charge on any atom is 0.264 e. The van der Waals surface area contributed by atoms with Gasteiger partial charge in [-0.2, -0.15) is 0 Å². The first-order valence-electron chi connectivity index (χ1n) is 14.5. The lowest BCUT2D eigenvalue weighted by atomic mass is 10.0. The highest BCUT2D eigenvalue weighted by Gasteiger charge is 2.34. The van der Waals surface area contributed by atoms with Gasteiger partial charge in [0.25, 0.3) is 10.0 Å². The maximum absolute atomic E-state index is 14.4. The molecule has 0 heterocycles. The standard InChI is InChI=1S/C34H34Cl2FN3O4S/c1-2-3-20-38-34(42)32(21-25-10-6-4-7-11-25)39(23-26-14-16-27(37)17-15-26)33(41)24-40(28-18-19-30(35)31(36)22-28)45(43,44)29-12-8-5-9-13-29/h4-19,22,32H,2-3,20-21,23-24H2,1H3,(H,38,42)/t32-/m0/s1. The molecule has 4 aromatic rings. The van der Waals surface area contributed by atoms with Crippen LogP contribution in [0, 0.1) is 5.82 Å². The number of sulfonamides is 1. The summed E-state index contributed by atoms with van der Waals surface area (Å²) in [6, 6.07) is 25.8. The lowest BCUT2D eigenvalue weighted by Gasteiger charge is -2.34. The van der Waals surface area contributed by atoms with Crippen molar-refractivity contribution < 1.29 is 22.4 Å². The molecule has 45 heavy (non-hydrogen) atoms. The number of nitrogens with zero attached hydrogens (tertiary/aromatic N) is 2. The van der Waals surface area contributed by atoms with E-state index in [-0.39, 0.29) is 39.5 Å². The number of halogens is 3. The molecule has 4 aromatic carbocycles. The molecule has 0 aromatic heterocycles. The van der Waals surface area contributed by atoms with Crippen LogP contribution in [-0.2, 0) is 32.6 Å². The van der Waals surface area contributed by atoms with Crippen LogP contribution >= 0.6 is 23.2 Å². The van der Waals surface area contributed by atoms with Gasteiger partial charge in [0, 0.05) is 19.5 Å². The summed E-state index contributed by atoms with van der Waals surface area (Å²) in [6.45, 7) is 1.70. The molecule has 1 N–H and O–H groups in total. The minimum absolute atomic E-state index is 0.0351. The number of rotatable bonds is 14. The van der Waals surface area contributed by atoms with Crippen LogP contribution in [0.1, 0.15) is 30.9 Å². The third kappa shape index (κ3) is 9.06. The van der Waals surface area contributed by atoms with Crippen LogP contribution < -0.4 is 9.62 Å². The van der Waals surface area contributed by atoms with Gasteiger partial charge in [0.15, 0.2) is 0 Å². The number of benzene rings is 4. The van der Waals surface area contributed by atoms with Crippen molar-refractivity contribution in [1.29, 1.82) is 0 Å². The molecule has 0 aliphatic rings. The van der Waals surface area contributed by atoms with E-state index in [2.05, 4.69) is 5.32 Å². The summed E-state index contributed by atoms with van der Waals surface area (Å²) in [5.74, 6) is -1.47. The lowest BCUT2D eigenvalue weighted by Crippen LogP contribution is -2.53. The first-order valence-corrected chi connectivity index (χ1v) is 16.7. The Labute approximate surface area is 273 Å². The molecule has 0 aliphatic heterocycles. The van der Waals surface area contributed by atoms with Gasteiger partial charge in [-0.3, -0.25) is 13.9 Å². The van der Waals surface area contributed by atoms with Crippen molar-refractivity contribution in [3.05, 3.63) is 130 Å². The van der Waals surface area contributed by atoms with Crippen molar-refractivity contribution in [2.24, 2.45) is 0 Å². The molecule has 2 amide bonds. The molecule has 0 radical (unpaired) electrons. The van der Waals surface area contributed by atoms with Crippen molar-refractivity contribution in [1.82, 2.24) is 10.2 Å². The van der Waals surface area contributed by atoms with Crippen molar-refractivity contribution in [3.63, 3.8) is 0 Å². The summed E-state index contributed by atoms with van der Waals surface area (Å²) >= 11 is 12.4. The van der Waals surface area contributed by atoms with Crippen molar-refractivity contribution in [2.45, 2.75) is 43.7 Å². The van der Waals surface area contributed by atoms with Crippen LogP contribution in [0.2, 0.25) is 10.0 Å². The summed E-state index contributed by atoms with van der Waals surface area (Å²) in [5.41, 5.74) is 1.50. The quantitative estimate of drug-likeness (QED) is 0.148. The van der Waals surface area contributed by atoms with Crippen LogP contribution in [-0.4, -0.2) is 44.3 Å². The van der Waals surface area contributed by atoms with Gasteiger partial charge in [-0.15, -0.1) is 0 Å². The molecule has 0 unspecified atom stereocenters. The Balaban J connectivity index is 1.79. The molecule has 7 nitrogen and oxygen atoms in total. The summed E-state index contributed by atoms with van der Waals surface area (Å²) < 4.78 is 42.8. The number of unbranched alkanes of at least 4 members (excludes halogenated alkanes) is 1. The number of nitrogens with one attached hydrogen (secondary N) is 1. The fourth-order valence-corrected chi connectivity index (χ4v) is 6.45. The van der Waals surface area contributed by atoms with Gasteiger partial charge in [0.05, 0.1) is 20.6 Å². The van der Waals surface area contributed by atoms with Gasteiger partial charge in [-0.1, -0.05) is 97.2 Å². The van der Waals surface area contributed by atoms with E-state index in [4.69, 9.17) is 23.2 Å². The predicted molar refractivity (Wildman–Crippen MR) is 176 cm³/mol. The Morgan fingerprint density at radius 1 is 0.844 bits per heavy atom. The Morgan fingerprint density at radius 3 is 2.11 bits per heavy atom. The van der Waals surface area contributed by atoms with E-state index in [1.165, 1.54) is 59.5 Å². The molecular formula is C34H34Cl2FN3O4S. The Bertz CT molecular complexity index is 1690. The molecule has 4 rings (SSSR count). The fourth-order valence-electron chi connectivity index (χ4n) is 4.74. The second kappa shape index (κ2) is 15.9. The maximum atomic E-state index is 14.4. The number of carbonyl (C=O) groups excluding carboxylic acids is 2. The number of carbonyl (C=O) groups is 2. The van der Waals surface area contributed by atoms with E-state index in [1.54, 1.807) is 18.2 Å². The first kappa shape index (κ1) is 34.0. The number of hydrogen-bond acceptors (Lipinski definition) is 4. The van der Waals surface area contributed by atoms with Crippen molar-refractivity contribution in [3.8, 4) is 0 Å². The van der Waals surface area contributed by atoms with E-state index in [0.29, 0.717) is 12.1 Å². The monoisotopic (exact) mass is 669 g/mol. The number of hydrogen-bond donors (Lipinski definition) is 1. The van der Waals surface area contributed by atoms with Crippen LogP contribution in [0.3, 0.4) is 0 Å². The molecule has 1 atom stereocenters. The van der Waals surface area contributed by atoms with Gasteiger partial charge >= 0.3 is 0 Å². The van der Waals surface area contributed by atoms with Crippen molar-refractivity contribution in [2.75, 3.05) is 17.4 Å². The molecule has 236 valence electrons. The van der Waals surface area contributed by atoms with Crippen LogP contribution in [0.5, 0.6) is 0 Å².